The Morgan fingerprint density at radius 2 is 2.35 bits per heavy atom. The molecule has 1 fully saturated rings. The fourth-order valence-electron chi connectivity index (χ4n) is 2.34. The maximum atomic E-state index is 5.77. The minimum atomic E-state index is -0.118. The third kappa shape index (κ3) is 1.74. The summed E-state index contributed by atoms with van der Waals surface area (Å²) in [5.41, 5.74) is 7.07. The van der Waals surface area contributed by atoms with Gasteiger partial charge in [-0.2, -0.15) is 0 Å². The molecule has 17 heavy (non-hydrogen) atoms. The zero-order valence-corrected chi connectivity index (χ0v) is 9.76. The second-order valence-corrected chi connectivity index (χ2v) is 4.71. The molecular weight excluding hydrogens is 218 g/mol. The SMILES string of the molecule is CC1(Cn2cnc3c(N)ncnc32)CCCO1. The van der Waals surface area contributed by atoms with Crippen molar-refractivity contribution >= 4 is 17.0 Å². The zero-order valence-electron chi connectivity index (χ0n) is 9.76. The van der Waals surface area contributed by atoms with E-state index in [-0.39, 0.29) is 5.60 Å². The third-order valence-corrected chi connectivity index (χ3v) is 3.23. The second-order valence-electron chi connectivity index (χ2n) is 4.71. The van der Waals surface area contributed by atoms with Crippen molar-refractivity contribution in [2.24, 2.45) is 0 Å². The van der Waals surface area contributed by atoms with E-state index in [1.807, 2.05) is 4.57 Å². The highest BCUT2D eigenvalue weighted by Crippen LogP contribution is 2.28. The third-order valence-electron chi connectivity index (χ3n) is 3.23. The molecule has 6 nitrogen and oxygen atoms in total. The number of imidazole rings is 1. The molecule has 1 saturated heterocycles. The maximum Gasteiger partial charge on any atom is 0.165 e. The van der Waals surface area contributed by atoms with Crippen molar-refractivity contribution in [1.82, 2.24) is 19.5 Å². The molecule has 1 aliphatic rings. The summed E-state index contributed by atoms with van der Waals surface area (Å²) in [4.78, 5) is 12.4. The van der Waals surface area contributed by atoms with Gasteiger partial charge in [-0.1, -0.05) is 0 Å². The Bertz CT molecular complexity index is 544. The van der Waals surface area contributed by atoms with E-state index in [1.165, 1.54) is 6.33 Å². The maximum absolute atomic E-state index is 5.77. The van der Waals surface area contributed by atoms with Gasteiger partial charge in [-0.15, -0.1) is 0 Å². The lowest BCUT2D eigenvalue weighted by molar-refractivity contribution is 0.00695. The van der Waals surface area contributed by atoms with Crippen molar-refractivity contribution in [3.05, 3.63) is 12.7 Å². The Labute approximate surface area is 98.8 Å². The van der Waals surface area contributed by atoms with Crippen LogP contribution in [0.4, 0.5) is 5.82 Å². The van der Waals surface area contributed by atoms with Crippen molar-refractivity contribution in [1.29, 1.82) is 0 Å². The largest absolute Gasteiger partial charge is 0.382 e. The van der Waals surface area contributed by atoms with E-state index in [2.05, 4.69) is 21.9 Å². The first-order valence-electron chi connectivity index (χ1n) is 5.73. The predicted octanol–water partition coefficient (Wildman–Crippen LogP) is 0.978. The first-order valence-corrected chi connectivity index (χ1v) is 5.73. The summed E-state index contributed by atoms with van der Waals surface area (Å²) in [6.07, 6.45) is 5.39. The van der Waals surface area contributed by atoms with Gasteiger partial charge >= 0.3 is 0 Å². The van der Waals surface area contributed by atoms with E-state index in [0.717, 1.165) is 31.6 Å². The van der Waals surface area contributed by atoms with Crippen LogP contribution in [0.2, 0.25) is 0 Å². The Kier molecular flexibility index (Phi) is 2.25. The van der Waals surface area contributed by atoms with Gasteiger partial charge in [0.15, 0.2) is 11.5 Å². The molecule has 0 aromatic carbocycles. The van der Waals surface area contributed by atoms with Gasteiger partial charge in [-0.25, -0.2) is 15.0 Å². The highest BCUT2D eigenvalue weighted by molar-refractivity contribution is 5.81. The second kappa shape index (κ2) is 3.66. The molecule has 1 unspecified atom stereocenters. The molecule has 0 aliphatic carbocycles. The molecule has 0 bridgehead atoms. The van der Waals surface area contributed by atoms with E-state index >= 15 is 0 Å². The molecule has 3 rings (SSSR count). The Balaban J connectivity index is 1.98. The van der Waals surface area contributed by atoms with Crippen molar-refractivity contribution < 1.29 is 4.74 Å². The van der Waals surface area contributed by atoms with Crippen LogP contribution in [0.3, 0.4) is 0 Å². The molecule has 2 N–H and O–H groups in total. The van der Waals surface area contributed by atoms with Gasteiger partial charge in [-0.05, 0) is 19.8 Å². The summed E-state index contributed by atoms with van der Waals surface area (Å²) in [5.74, 6) is 0.422. The van der Waals surface area contributed by atoms with Crippen molar-refractivity contribution in [3.8, 4) is 0 Å². The molecule has 0 saturated carbocycles. The number of ether oxygens (including phenoxy) is 1. The van der Waals surface area contributed by atoms with Crippen LogP contribution in [0, 0.1) is 0 Å². The lowest BCUT2D eigenvalue weighted by Gasteiger charge is -2.23. The first kappa shape index (κ1) is 10.5. The van der Waals surface area contributed by atoms with E-state index in [4.69, 9.17) is 10.5 Å². The van der Waals surface area contributed by atoms with Gasteiger partial charge in [0.2, 0.25) is 0 Å². The van der Waals surface area contributed by atoms with Gasteiger partial charge in [0.1, 0.15) is 11.8 Å². The number of nitrogens with zero attached hydrogens (tertiary/aromatic N) is 4. The molecule has 1 aliphatic heterocycles. The van der Waals surface area contributed by atoms with E-state index in [0.29, 0.717) is 11.3 Å². The van der Waals surface area contributed by atoms with E-state index in [1.54, 1.807) is 6.33 Å². The van der Waals surface area contributed by atoms with Gasteiger partial charge < -0.3 is 15.0 Å². The molecule has 1 atom stereocenters. The molecule has 6 heteroatoms. The van der Waals surface area contributed by atoms with Gasteiger partial charge in [0, 0.05) is 6.61 Å². The molecule has 0 spiro atoms. The molecule has 2 aromatic heterocycles. The summed E-state index contributed by atoms with van der Waals surface area (Å²) < 4.78 is 7.75. The Hall–Kier alpha value is -1.69. The summed E-state index contributed by atoms with van der Waals surface area (Å²) in [6.45, 7) is 3.70. The van der Waals surface area contributed by atoms with Crippen LogP contribution < -0.4 is 5.73 Å². The van der Waals surface area contributed by atoms with Crippen LogP contribution in [0.5, 0.6) is 0 Å². The highest BCUT2D eigenvalue weighted by Gasteiger charge is 2.30. The molecule has 3 heterocycles. The minimum absolute atomic E-state index is 0.118. The lowest BCUT2D eigenvalue weighted by atomic mass is 10.0. The lowest BCUT2D eigenvalue weighted by Crippen LogP contribution is -2.29. The van der Waals surface area contributed by atoms with Crippen molar-refractivity contribution in [3.63, 3.8) is 0 Å². The number of aromatic nitrogens is 4. The Morgan fingerprint density at radius 3 is 3.12 bits per heavy atom. The van der Waals surface area contributed by atoms with Crippen LogP contribution in [-0.4, -0.2) is 31.7 Å². The average Bonchev–Trinajstić information content (AvgIpc) is 2.88. The summed E-state index contributed by atoms with van der Waals surface area (Å²) in [7, 11) is 0. The minimum Gasteiger partial charge on any atom is -0.382 e. The van der Waals surface area contributed by atoms with Crippen LogP contribution in [0.15, 0.2) is 12.7 Å². The van der Waals surface area contributed by atoms with Gasteiger partial charge in [-0.3, -0.25) is 0 Å². The smallest absolute Gasteiger partial charge is 0.165 e. The van der Waals surface area contributed by atoms with Crippen LogP contribution >= 0.6 is 0 Å². The fourth-order valence-corrected chi connectivity index (χ4v) is 2.34. The topological polar surface area (TPSA) is 78.9 Å². The number of hydrogen-bond acceptors (Lipinski definition) is 5. The number of rotatable bonds is 2. The molecular formula is C11H15N5O. The van der Waals surface area contributed by atoms with Gasteiger partial charge in [0.05, 0.1) is 18.5 Å². The zero-order chi connectivity index (χ0) is 11.9. The predicted molar refractivity (Wildman–Crippen MR) is 63.3 cm³/mol. The fraction of sp³-hybridized carbons (Fsp3) is 0.545. The number of hydrogen-bond donors (Lipinski definition) is 1. The number of nitrogens with two attached hydrogens (primary N) is 1. The average molecular weight is 233 g/mol. The van der Waals surface area contributed by atoms with Crippen LogP contribution in [0.25, 0.3) is 11.2 Å². The molecule has 90 valence electrons. The summed E-state index contributed by atoms with van der Waals surface area (Å²) >= 11 is 0. The monoisotopic (exact) mass is 233 g/mol. The van der Waals surface area contributed by atoms with Crippen LogP contribution in [-0.2, 0) is 11.3 Å². The van der Waals surface area contributed by atoms with Gasteiger partial charge in [0.25, 0.3) is 0 Å². The standard InChI is InChI=1S/C11H15N5O/c1-11(3-2-4-17-11)5-16-7-15-8-9(12)13-6-14-10(8)16/h6-7H,2-5H2,1H3,(H2,12,13,14). The van der Waals surface area contributed by atoms with Crippen molar-refractivity contribution in [2.75, 3.05) is 12.3 Å². The quantitative estimate of drug-likeness (QED) is 0.836. The number of nitrogen functional groups attached to an aromatic ring is 1. The Morgan fingerprint density at radius 1 is 1.47 bits per heavy atom. The first-order chi connectivity index (χ1) is 8.18. The molecule has 0 radical (unpaired) electrons. The number of anilines is 1. The molecule has 2 aromatic rings. The number of fused-ring (bicyclic) bond motifs is 1. The van der Waals surface area contributed by atoms with E-state index in [9.17, 15) is 0 Å². The summed E-state index contributed by atoms with van der Waals surface area (Å²) in [5, 5.41) is 0. The van der Waals surface area contributed by atoms with Crippen LogP contribution in [0.1, 0.15) is 19.8 Å². The molecule has 0 amide bonds. The van der Waals surface area contributed by atoms with E-state index < -0.39 is 0 Å². The highest BCUT2D eigenvalue weighted by atomic mass is 16.5. The normalized spacial score (nSPS) is 24.5. The summed E-state index contributed by atoms with van der Waals surface area (Å²) in [6, 6.07) is 0. The van der Waals surface area contributed by atoms with Crippen molar-refractivity contribution in [2.45, 2.75) is 31.9 Å².